The van der Waals surface area contributed by atoms with E-state index in [2.05, 4.69) is 10.1 Å². The minimum Gasteiger partial charge on any atom is -0.482 e. The van der Waals surface area contributed by atoms with Gasteiger partial charge in [0.15, 0.2) is 6.61 Å². The first-order chi connectivity index (χ1) is 13.6. The predicted octanol–water partition coefficient (Wildman–Crippen LogP) is 1.44. The Morgan fingerprint density at radius 3 is 2.86 bits per heavy atom. The average Bonchev–Trinajstić information content (AvgIpc) is 2.96. The van der Waals surface area contributed by atoms with Gasteiger partial charge < -0.3 is 14.2 Å². The summed E-state index contributed by atoms with van der Waals surface area (Å²) in [5, 5.41) is 4.05. The van der Waals surface area contributed by atoms with Crippen LogP contribution in [-0.4, -0.2) is 66.1 Å². The zero-order chi connectivity index (χ0) is 19.5. The number of anilines is 1. The Hall–Kier alpha value is -2.87. The molecular weight excluding hydrogens is 360 g/mol. The number of hydrogen-bond acceptors (Lipinski definition) is 6. The van der Waals surface area contributed by atoms with Gasteiger partial charge in [-0.05, 0) is 25.5 Å². The van der Waals surface area contributed by atoms with E-state index in [0.717, 1.165) is 31.0 Å². The zero-order valence-corrected chi connectivity index (χ0v) is 16.0. The van der Waals surface area contributed by atoms with Gasteiger partial charge in [0.1, 0.15) is 18.1 Å². The van der Waals surface area contributed by atoms with E-state index in [1.165, 1.54) is 4.90 Å². The third-order valence-corrected chi connectivity index (χ3v) is 5.11. The molecule has 2 aliphatic heterocycles. The van der Waals surface area contributed by atoms with Crippen molar-refractivity contribution in [3.05, 3.63) is 41.8 Å². The molecule has 28 heavy (non-hydrogen) atoms. The molecule has 0 spiro atoms. The Labute approximate surface area is 163 Å². The number of carbonyl (C=O) groups is 2. The van der Waals surface area contributed by atoms with Gasteiger partial charge in [0.25, 0.3) is 5.91 Å². The van der Waals surface area contributed by atoms with Gasteiger partial charge in [-0.1, -0.05) is 17.3 Å². The monoisotopic (exact) mass is 384 g/mol. The minimum absolute atomic E-state index is 0.0326. The van der Waals surface area contributed by atoms with Crippen LogP contribution in [0.1, 0.15) is 17.9 Å². The van der Waals surface area contributed by atoms with Crippen molar-refractivity contribution in [1.82, 2.24) is 15.0 Å². The molecule has 4 rings (SSSR count). The van der Waals surface area contributed by atoms with E-state index in [-0.39, 0.29) is 25.0 Å². The molecule has 8 nitrogen and oxygen atoms in total. The fraction of sp³-hybridized carbons (Fsp3) is 0.450. The fourth-order valence-corrected chi connectivity index (χ4v) is 3.66. The van der Waals surface area contributed by atoms with Crippen LogP contribution < -0.4 is 9.64 Å². The Balaban J connectivity index is 1.37. The third-order valence-electron chi connectivity index (χ3n) is 5.11. The molecule has 148 valence electrons. The van der Waals surface area contributed by atoms with Crippen molar-refractivity contribution >= 4 is 17.5 Å². The first-order valence-corrected chi connectivity index (χ1v) is 9.54. The number of aromatic nitrogens is 1. The van der Waals surface area contributed by atoms with Gasteiger partial charge in [-0.3, -0.25) is 19.4 Å². The standard InChI is InChI=1S/C20H24N4O4/c1-15-11-16(21-28-15)12-22-7-4-8-23(10-9-22)19(25)13-24-17-5-2-3-6-18(17)27-14-20(24)26/h2-3,5-6,11H,4,7-10,12-14H2,1H3. The summed E-state index contributed by atoms with van der Waals surface area (Å²) >= 11 is 0. The number of rotatable bonds is 4. The molecule has 8 heteroatoms. The van der Waals surface area contributed by atoms with E-state index in [9.17, 15) is 9.59 Å². The van der Waals surface area contributed by atoms with Gasteiger partial charge in [-0.25, -0.2) is 0 Å². The van der Waals surface area contributed by atoms with E-state index in [1.807, 2.05) is 42.2 Å². The number of hydrogen-bond donors (Lipinski definition) is 0. The van der Waals surface area contributed by atoms with Gasteiger partial charge in [0.2, 0.25) is 5.91 Å². The second-order valence-electron chi connectivity index (χ2n) is 7.18. The molecular formula is C20H24N4O4. The van der Waals surface area contributed by atoms with Crippen molar-refractivity contribution in [2.24, 2.45) is 0 Å². The molecule has 3 heterocycles. The molecule has 2 amide bonds. The number of nitrogens with zero attached hydrogens (tertiary/aromatic N) is 4. The largest absolute Gasteiger partial charge is 0.482 e. The summed E-state index contributed by atoms with van der Waals surface area (Å²) < 4.78 is 10.6. The molecule has 0 saturated carbocycles. The Bertz CT molecular complexity index is 865. The molecule has 0 N–H and O–H groups in total. The van der Waals surface area contributed by atoms with Crippen molar-refractivity contribution in [2.45, 2.75) is 19.9 Å². The Kier molecular flexibility index (Phi) is 5.29. The molecule has 0 unspecified atom stereocenters. The van der Waals surface area contributed by atoms with Crippen molar-refractivity contribution in [1.29, 1.82) is 0 Å². The molecule has 2 aliphatic rings. The summed E-state index contributed by atoms with van der Waals surface area (Å²) in [6.07, 6.45) is 0.885. The second kappa shape index (κ2) is 8.02. The number of fused-ring (bicyclic) bond motifs is 1. The fourth-order valence-electron chi connectivity index (χ4n) is 3.66. The summed E-state index contributed by atoms with van der Waals surface area (Å²) in [4.78, 5) is 30.8. The van der Waals surface area contributed by atoms with E-state index in [1.54, 1.807) is 0 Å². The van der Waals surface area contributed by atoms with Gasteiger partial charge in [-0.15, -0.1) is 0 Å². The summed E-state index contributed by atoms with van der Waals surface area (Å²) in [5.41, 5.74) is 1.57. The SMILES string of the molecule is Cc1cc(CN2CCCN(C(=O)CN3C(=O)COc4ccccc43)CC2)no1. The molecule has 1 fully saturated rings. The number of amides is 2. The summed E-state index contributed by atoms with van der Waals surface area (Å²) in [6, 6.07) is 9.26. The maximum Gasteiger partial charge on any atom is 0.265 e. The lowest BCUT2D eigenvalue weighted by Gasteiger charge is -2.31. The first-order valence-electron chi connectivity index (χ1n) is 9.54. The van der Waals surface area contributed by atoms with Crippen molar-refractivity contribution in [3.8, 4) is 5.75 Å². The van der Waals surface area contributed by atoms with Crippen LogP contribution >= 0.6 is 0 Å². The Morgan fingerprint density at radius 2 is 2.04 bits per heavy atom. The lowest BCUT2D eigenvalue weighted by molar-refractivity contribution is -0.131. The van der Waals surface area contributed by atoms with E-state index in [4.69, 9.17) is 9.26 Å². The van der Waals surface area contributed by atoms with Crippen LogP contribution in [-0.2, 0) is 16.1 Å². The molecule has 0 radical (unpaired) electrons. The van der Waals surface area contributed by atoms with Crippen molar-refractivity contribution in [2.75, 3.05) is 44.2 Å². The van der Waals surface area contributed by atoms with Crippen LogP contribution in [0.15, 0.2) is 34.9 Å². The molecule has 0 aliphatic carbocycles. The topological polar surface area (TPSA) is 79.1 Å². The highest BCUT2D eigenvalue weighted by Crippen LogP contribution is 2.31. The normalized spacial score (nSPS) is 17.8. The molecule has 1 saturated heterocycles. The van der Waals surface area contributed by atoms with E-state index < -0.39 is 0 Å². The number of benzene rings is 1. The highest BCUT2D eigenvalue weighted by molar-refractivity contribution is 6.02. The molecule has 1 aromatic carbocycles. The van der Waals surface area contributed by atoms with Gasteiger partial charge >= 0.3 is 0 Å². The summed E-state index contributed by atoms with van der Waals surface area (Å²) in [7, 11) is 0. The number of carbonyl (C=O) groups excluding carboxylic acids is 2. The van der Waals surface area contributed by atoms with E-state index >= 15 is 0 Å². The maximum atomic E-state index is 12.9. The number of para-hydroxylation sites is 2. The summed E-state index contributed by atoms with van der Waals surface area (Å²) in [5.74, 6) is 1.21. The van der Waals surface area contributed by atoms with Gasteiger partial charge in [-0.2, -0.15) is 0 Å². The molecule has 2 aromatic rings. The van der Waals surface area contributed by atoms with Crippen LogP contribution in [0.5, 0.6) is 5.75 Å². The van der Waals surface area contributed by atoms with Crippen LogP contribution in [0.3, 0.4) is 0 Å². The van der Waals surface area contributed by atoms with Crippen molar-refractivity contribution in [3.63, 3.8) is 0 Å². The minimum atomic E-state index is -0.190. The maximum absolute atomic E-state index is 12.9. The van der Waals surface area contributed by atoms with Gasteiger partial charge in [0.05, 0.1) is 11.4 Å². The molecule has 0 atom stereocenters. The summed E-state index contributed by atoms with van der Waals surface area (Å²) in [6.45, 7) is 5.60. The lowest BCUT2D eigenvalue weighted by atomic mass is 10.2. The quantitative estimate of drug-likeness (QED) is 0.794. The smallest absolute Gasteiger partial charge is 0.265 e. The highest BCUT2D eigenvalue weighted by Gasteiger charge is 2.29. The molecule has 0 bridgehead atoms. The third kappa shape index (κ3) is 4.01. The lowest BCUT2D eigenvalue weighted by Crippen LogP contribution is -2.47. The first kappa shape index (κ1) is 18.5. The van der Waals surface area contributed by atoms with E-state index in [0.29, 0.717) is 31.1 Å². The predicted molar refractivity (Wildman–Crippen MR) is 102 cm³/mol. The number of aryl methyl sites for hydroxylation is 1. The second-order valence-corrected chi connectivity index (χ2v) is 7.18. The number of ether oxygens (including phenoxy) is 1. The van der Waals surface area contributed by atoms with Crippen molar-refractivity contribution < 1.29 is 18.8 Å². The van der Waals surface area contributed by atoms with Crippen LogP contribution in [0.25, 0.3) is 0 Å². The average molecular weight is 384 g/mol. The zero-order valence-electron chi connectivity index (χ0n) is 16.0. The highest BCUT2D eigenvalue weighted by atomic mass is 16.5. The Morgan fingerprint density at radius 1 is 1.18 bits per heavy atom. The van der Waals surface area contributed by atoms with Crippen LogP contribution in [0.4, 0.5) is 5.69 Å². The van der Waals surface area contributed by atoms with Gasteiger partial charge in [0, 0.05) is 38.8 Å². The van der Waals surface area contributed by atoms with Crippen LogP contribution in [0.2, 0.25) is 0 Å². The van der Waals surface area contributed by atoms with Crippen LogP contribution in [0, 0.1) is 6.92 Å². The molecule has 1 aromatic heterocycles.